The van der Waals surface area contributed by atoms with Crippen LogP contribution in [0.3, 0.4) is 0 Å². The molecule has 1 unspecified atom stereocenters. The molecule has 3 aromatic heterocycles. The Bertz CT molecular complexity index is 1110. The number of fused-ring (bicyclic) bond motifs is 2. The molecule has 1 fully saturated rings. The molecule has 8 nitrogen and oxygen atoms in total. The van der Waals surface area contributed by atoms with Crippen LogP contribution in [0.25, 0.3) is 22.1 Å². The van der Waals surface area contributed by atoms with Crippen LogP contribution in [0.1, 0.15) is 28.6 Å². The summed E-state index contributed by atoms with van der Waals surface area (Å²) in [7, 11) is 0. The van der Waals surface area contributed by atoms with E-state index in [0.717, 1.165) is 41.8 Å². The van der Waals surface area contributed by atoms with Crippen LogP contribution in [0, 0.1) is 0 Å². The highest BCUT2D eigenvalue weighted by molar-refractivity contribution is 5.96. The van der Waals surface area contributed by atoms with Gasteiger partial charge in [0.15, 0.2) is 11.4 Å². The third-order valence-electron chi connectivity index (χ3n) is 5.10. The van der Waals surface area contributed by atoms with Crippen LogP contribution in [0.5, 0.6) is 0 Å². The minimum atomic E-state index is -0.237. The van der Waals surface area contributed by atoms with E-state index in [0.29, 0.717) is 30.4 Å². The van der Waals surface area contributed by atoms with Gasteiger partial charge in [-0.3, -0.25) is 4.79 Å². The molecule has 4 aromatic rings. The first-order chi connectivity index (χ1) is 13.8. The summed E-state index contributed by atoms with van der Waals surface area (Å²) >= 11 is 0. The number of para-hydroxylation sites is 1. The minimum absolute atomic E-state index is 0.237. The first-order valence-corrected chi connectivity index (χ1v) is 9.44. The van der Waals surface area contributed by atoms with Crippen molar-refractivity contribution in [3.8, 4) is 0 Å². The largest absolute Gasteiger partial charge is 0.451 e. The zero-order valence-corrected chi connectivity index (χ0v) is 15.3. The van der Waals surface area contributed by atoms with Gasteiger partial charge in [0.1, 0.15) is 11.1 Å². The lowest BCUT2D eigenvalue weighted by atomic mass is 10.0. The Morgan fingerprint density at radius 1 is 1.29 bits per heavy atom. The molecule has 0 saturated carbocycles. The van der Waals surface area contributed by atoms with Crippen molar-refractivity contribution in [3.63, 3.8) is 0 Å². The van der Waals surface area contributed by atoms with Gasteiger partial charge in [0, 0.05) is 36.8 Å². The number of benzene rings is 1. The van der Waals surface area contributed by atoms with Crippen LogP contribution in [-0.2, 0) is 6.54 Å². The van der Waals surface area contributed by atoms with Crippen LogP contribution >= 0.6 is 0 Å². The molecule has 1 amide bonds. The Kier molecular flexibility index (Phi) is 4.25. The second-order valence-corrected chi connectivity index (χ2v) is 6.93. The van der Waals surface area contributed by atoms with Gasteiger partial charge in [0.05, 0.1) is 12.2 Å². The SMILES string of the molecule is O=C(NCCn1nc(C2CCNC2)c2nccnc21)c1cc2ccccc2o1. The highest BCUT2D eigenvalue weighted by Gasteiger charge is 2.24. The van der Waals surface area contributed by atoms with Crippen LogP contribution < -0.4 is 10.6 Å². The molecule has 5 rings (SSSR count). The van der Waals surface area contributed by atoms with E-state index < -0.39 is 0 Å². The highest BCUT2D eigenvalue weighted by Crippen LogP contribution is 2.26. The van der Waals surface area contributed by atoms with E-state index in [-0.39, 0.29) is 5.91 Å². The molecule has 1 saturated heterocycles. The van der Waals surface area contributed by atoms with Crippen molar-refractivity contribution in [1.29, 1.82) is 0 Å². The summed E-state index contributed by atoms with van der Waals surface area (Å²) in [5.74, 6) is 0.425. The van der Waals surface area contributed by atoms with Gasteiger partial charge in [0.2, 0.25) is 0 Å². The quantitative estimate of drug-likeness (QED) is 0.553. The van der Waals surface area contributed by atoms with E-state index in [9.17, 15) is 4.79 Å². The second-order valence-electron chi connectivity index (χ2n) is 6.93. The van der Waals surface area contributed by atoms with Crippen molar-refractivity contribution in [2.75, 3.05) is 19.6 Å². The fourth-order valence-corrected chi connectivity index (χ4v) is 3.70. The first kappa shape index (κ1) is 16.9. The van der Waals surface area contributed by atoms with E-state index in [2.05, 4.69) is 20.6 Å². The van der Waals surface area contributed by atoms with Gasteiger partial charge < -0.3 is 15.1 Å². The topological polar surface area (TPSA) is 97.9 Å². The Hall–Kier alpha value is -3.26. The molecule has 2 N–H and O–H groups in total. The maximum atomic E-state index is 12.4. The summed E-state index contributed by atoms with van der Waals surface area (Å²) in [5.41, 5.74) is 3.29. The summed E-state index contributed by atoms with van der Waals surface area (Å²) in [6.07, 6.45) is 4.42. The van der Waals surface area contributed by atoms with Gasteiger partial charge in [0.25, 0.3) is 5.91 Å². The lowest BCUT2D eigenvalue weighted by Gasteiger charge is -2.05. The Balaban J connectivity index is 1.31. The van der Waals surface area contributed by atoms with Crippen molar-refractivity contribution < 1.29 is 9.21 Å². The Labute approximate surface area is 161 Å². The van der Waals surface area contributed by atoms with Crippen molar-refractivity contribution in [3.05, 3.63) is 54.2 Å². The van der Waals surface area contributed by atoms with Crippen LogP contribution in [-0.4, -0.2) is 45.3 Å². The van der Waals surface area contributed by atoms with Gasteiger partial charge in [-0.25, -0.2) is 14.6 Å². The number of hydrogen-bond acceptors (Lipinski definition) is 6. The van der Waals surface area contributed by atoms with Crippen LogP contribution in [0.4, 0.5) is 0 Å². The molecule has 1 aliphatic heterocycles. The predicted molar refractivity (Wildman–Crippen MR) is 104 cm³/mol. The molecule has 142 valence electrons. The molecule has 0 radical (unpaired) electrons. The number of aromatic nitrogens is 4. The zero-order chi connectivity index (χ0) is 18.9. The molecule has 0 spiro atoms. The zero-order valence-electron chi connectivity index (χ0n) is 15.3. The summed E-state index contributed by atoms with van der Waals surface area (Å²) in [6.45, 7) is 2.84. The molecule has 28 heavy (non-hydrogen) atoms. The molecular weight excluding hydrogens is 356 g/mol. The summed E-state index contributed by atoms with van der Waals surface area (Å²) in [5, 5.41) is 11.9. The maximum Gasteiger partial charge on any atom is 0.287 e. The number of nitrogens with zero attached hydrogens (tertiary/aromatic N) is 4. The van der Waals surface area contributed by atoms with Gasteiger partial charge in [-0.15, -0.1) is 0 Å². The Morgan fingerprint density at radius 2 is 2.18 bits per heavy atom. The van der Waals surface area contributed by atoms with Crippen molar-refractivity contribution >= 4 is 28.0 Å². The lowest BCUT2D eigenvalue weighted by Crippen LogP contribution is -2.27. The molecule has 1 atom stereocenters. The normalized spacial score (nSPS) is 16.8. The minimum Gasteiger partial charge on any atom is -0.451 e. The number of rotatable bonds is 5. The number of carbonyl (C=O) groups is 1. The van der Waals surface area contributed by atoms with Gasteiger partial charge in [-0.05, 0) is 25.1 Å². The molecule has 0 bridgehead atoms. The summed E-state index contributed by atoms with van der Waals surface area (Å²) in [4.78, 5) is 21.3. The average molecular weight is 376 g/mol. The summed E-state index contributed by atoms with van der Waals surface area (Å²) < 4.78 is 7.44. The molecule has 1 aromatic carbocycles. The fraction of sp³-hybridized carbons (Fsp3) is 0.300. The Morgan fingerprint density at radius 3 is 3.04 bits per heavy atom. The first-order valence-electron chi connectivity index (χ1n) is 9.44. The predicted octanol–water partition coefficient (Wildman–Crippen LogP) is 2.08. The highest BCUT2D eigenvalue weighted by atomic mass is 16.3. The smallest absolute Gasteiger partial charge is 0.287 e. The van der Waals surface area contributed by atoms with E-state index >= 15 is 0 Å². The second kappa shape index (κ2) is 7.05. The maximum absolute atomic E-state index is 12.4. The van der Waals surface area contributed by atoms with Crippen molar-refractivity contribution in [2.45, 2.75) is 18.9 Å². The fourth-order valence-electron chi connectivity index (χ4n) is 3.70. The third-order valence-corrected chi connectivity index (χ3v) is 5.10. The van der Waals surface area contributed by atoms with Gasteiger partial charge in [-0.1, -0.05) is 18.2 Å². The van der Waals surface area contributed by atoms with Crippen molar-refractivity contribution in [1.82, 2.24) is 30.4 Å². The number of carbonyl (C=O) groups excluding carboxylic acids is 1. The molecular formula is C20H20N6O2. The van der Waals surface area contributed by atoms with Crippen LogP contribution in [0.2, 0.25) is 0 Å². The summed E-state index contributed by atoms with van der Waals surface area (Å²) in [6, 6.07) is 9.32. The van der Waals surface area contributed by atoms with E-state index in [1.807, 2.05) is 28.9 Å². The standard InChI is InChI=1S/C20H20N6O2/c27-20(16-11-13-3-1-2-4-15(13)28-16)24-9-10-26-19-18(22-7-8-23-19)17(25-26)14-5-6-21-12-14/h1-4,7-8,11,14,21H,5-6,9-10,12H2,(H,24,27). The number of hydrogen-bond donors (Lipinski definition) is 2. The van der Waals surface area contributed by atoms with E-state index in [4.69, 9.17) is 9.52 Å². The average Bonchev–Trinajstić information content (AvgIpc) is 3.46. The molecule has 0 aliphatic carbocycles. The van der Waals surface area contributed by atoms with Gasteiger partial charge in [-0.2, -0.15) is 5.10 Å². The lowest BCUT2D eigenvalue weighted by molar-refractivity contribution is 0.0926. The third kappa shape index (κ3) is 3.01. The van der Waals surface area contributed by atoms with Crippen LogP contribution in [0.15, 0.2) is 47.1 Å². The number of amides is 1. The number of nitrogens with one attached hydrogen (secondary N) is 2. The van der Waals surface area contributed by atoms with E-state index in [1.165, 1.54) is 0 Å². The molecule has 8 heteroatoms. The monoisotopic (exact) mass is 376 g/mol. The molecule has 1 aliphatic rings. The van der Waals surface area contributed by atoms with E-state index in [1.54, 1.807) is 18.5 Å². The van der Waals surface area contributed by atoms with Crippen molar-refractivity contribution in [2.24, 2.45) is 0 Å². The number of furan rings is 1. The molecule has 4 heterocycles. The van der Waals surface area contributed by atoms with Gasteiger partial charge >= 0.3 is 0 Å².